The molecule has 0 aliphatic heterocycles. The zero-order chi connectivity index (χ0) is 40.0. The van der Waals surface area contributed by atoms with Crippen molar-refractivity contribution in [3.05, 3.63) is 72.9 Å². The lowest BCUT2D eigenvalue weighted by Gasteiger charge is -2.25. The number of phosphoric acid groups is 1. The van der Waals surface area contributed by atoms with Gasteiger partial charge in [0.05, 0.1) is 39.9 Å². The highest BCUT2D eigenvalue weighted by atomic mass is 31.2. The first-order valence-electron chi connectivity index (χ1n) is 21.3. The van der Waals surface area contributed by atoms with E-state index >= 15 is 0 Å². The number of hydrogen-bond donors (Lipinski definition) is 3. The summed E-state index contributed by atoms with van der Waals surface area (Å²) in [5, 5.41) is 13.8. The summed E-state index contributed by atoms with van der Waals surface area (Å²) >= 11 is 0. The van der Waals surface area contributed by atoms with Gasteiger partial charge in [0, 0.05) is 6.42 Å². The molecule has 0 aliphatic carbocycles. The first-order valence-corrected chi connectivity index (χ1v) is 22.8. The molecule has 54 heavy (non-hydrogen) atoms. The lowest BCUT2D eigenvalue weighted by molar-refractivity contribution is -0.870. The standard InChI is InChI=1S/C45H81N2O6P/c1-6-8-10-12-14-16-18-20-22-23-25-27-29-31-33-35-37-39-45(49)46-43(42-53-54(50,51)52-41-40-47(3,4)5)44(48)38-36-34-32-30-28-26-24-21-19-17-15-13-11-9-7-2/h8,10,14,16,20,22,25,27,31,33,36,38,43-44,48H,6-7,9,11-13,15,17-19,21,23-24,26,28-30,32,34-35,37,39-42H2,1-5H3,(H-,46,49,50,51)/p+1/b10-8-,16-14-,22-20-,27-25-,33-31-,38-36+. The lowest BCUT2D eigenvalue weighted by atomic mass is 10.0. The Labute approximate surface area is 332 Å². The first kappa shape index (κ1) is 51.9. The summed E-state index contributed by atoms with van der Waals surface area (Å²) in [4.78, 5) is 23.1. The molecule has 0 aliphatic rings. The van der Waals surface area contributed by atoms with Gasteiger partial charge in [-0.25, -0.2) is 4.57 Å². The van der Waals surface area contributed by atoms with Crippen molar-refractivity contribution in [1.29, 1.82) is 0 Å². The molecule has 0 spiro atoms. The van der Waals surface area contributed by atoms with E-state index in [1.807, 2.05) is 27.2 Å². The quantitative estimate of drug-likeness (QED) is 0.0251. The molecule has 3 atom stereocenters. The van der Waals surface area contributed by atoms with Gasteiger partial charge in [0.1, 0.15) is 13.2 Å². The fraction of sp³-hybridized carbons (Fsp3) is 0.711. The van der Waals surface area contributed by atoms with Crippen molar-refractivity contribution in [3.63, 3.8) is 0 Å². The number of amides is 1. The van der Waals surface area contributed by atoms with E-state index in [4.69, 9.17) is 9.05 Å². The van der Waals surface area contributed by atoms with Gasteiger partial charge in [-0.15, -0.1) is 0 Å². The Morgan fingerprint density at radius 3 is 1.61 bits per heavy atom. The van der Waals surface area contributed by atoms with Crippen LogP contribution >= 0.6 is 7.82 Å². The molecule has 8 nitrogen and oxygen atoms in total. The Morgan fingerprint density at radius 2 is 1.11 bits per heavy atom. The van der Waals surface area contributed by atoms with Gasteiger partial charge >= 0.3 is 7.82 Å². The second kappa shape index (κ2) is 36.6. The number of carbonyl (C=O) groups excluding carboxylic acids is 1. The second-order valence-corrected chi connectivity index (χ2v) is 16.8. The molecule has 0 aromatic rings. The minimum atomic E-state index is -4.35. The van der Waals surface area contributed by atoms with E-state index in [1.165, 1.54) is 70.6 Å². The smallest absolute Gasteiger partial charge is 0.387 e. The highest BCUT2D eigenvalue weighted by Crippen LogP contribution is 2.43. The molecule has 0 saturated heterocycles. The summed E-state index contributed by atoms with van der Waals surface area (Å²) in [5.41, 5.74) is 0. The minimum absolute atomic E-state index is 0.0473. The highest BCUT2D eigenvalue weighted by molar-refractivity contribution is 7.47. The van der Waals surface area contributed by atoms with E-state index < -0.39 is 20.0 Å². The van der Waals surface area contributed by atoms with Gasteiger partial charge in [0.25, 0.3) is 0 Å². The number of nitrogens with one attached hydrogen (secondary N) is 1. The maximum absolute atomic E-state index is 12.8. The van der Waals surface area contributed by atoms with Gasteiger partial charge < -0.3 is 19.8 Å². The highest BCUT2D eigenvalue weighted by Gasteiger charge is 2.27. The first-order chi connectivity index (χ1) is 26.0. The molecular weight excluding hydrogens is 695 g/mol. The van der Waals surface area contributed by atoms with E-state index in [2.05, 4.69) is 79.9 Å². The Balaban J connectivity index is 4.59. The molecule has 312 valence electrons. The van der Waals surface area contributed by atoms with Gasteiger partial charge in [-0.05, 0) is 57.8 Å². The number of phosphoric ester groups is 1. The SMILES string of the molecule is CC/C=C\C/C=C\C/C=C\C/C=C\C/C=C\CCCC(=O)NC(COP(=O)(O)OCC[N+](C)(C)C)C(O)/C=C/CCCCCCCCCCCCCCC. The van der Waals surface area contributed by atoms with Crippen molar-refractivity contribution < 1.29 is 32.9 Å². The Hall–Kier alpha value is -2.06. The maximum Gasteiger partial charge on any atom is 0.472 e. The number of allylic oxidation sites excluding steroid dienone is 11. The van der Waals surface area contributed by atoms with E-state index in [9.17, 15) is 19.4 Å². The predicted molar refractivity (Wildman–Crippen MR) is 230 cm³/mol. The molecule has 0 aromatic heterocycles. The van der Waals surface area contributed by atoms with Gasteiger partial charge in [-0.2, -0.15) is 0 Å². The van der Waals surface area contributed by atoms with Crippen molar-refractivity contribution >= 4 is 13.7 Å². The maximum atomic E-state index is 12.8. The summed E-state index contributed by atoms with van der Waals surface area (Å²) in [6.45, 7) is 4.63. The minimum Gasteiger partial charge on any atom is -0.387 e. The number of aliphatic hydroxyl groups excluding tert-OH is 1. The van der Waals surface area contributed by atoms with Gasteiger partial charge in [0.15, 0.2) is 0 Å². The summed E-state index contributed by atoms with van der Waals surface area (Å²) in [6.07, 6.45) is 48.3. The Bertz CT molecular complexity index is 1110. The van der Waals surface area contributed by atoms with Crippen molar-refractivity contribution in [2.24, 2.45) is 0 Å². The number of quaternary nitrogens is 1. The topological polar surface area (TPSA) is 105 Å². The van der Waals surface area contributed by atoms with Crippen LogP contribution in [0.4, 0.5) is 0 Å². The number of nitrogens with zero attached hydrogens (tertiary/aromatic N) is 1. The van der Waals surface area contributed by atoms with E-state index in [1.54, 1.807) is 6.08 Å². The molecule has 3 N–H and O–H groups in total. The van der Waals surface area contributed by atoms with Crippen LogP contribution in [-0.4, -0.2) is 73.4 Å². The van der Waals surface area contributed by atoms with Crippen LogP contribution in [0.5, 0.6) is 0 Å². The van der Waals surface area contributed by atoms with Gasteiger partial charge in [0.2, 0.25) is 5.91 Å². The molecule has 0 radical (unpaired) electrons. The van der Waals surface area contributed by atoms with Crippen molar-refractivity contribution in [2.45, 2.75) is 167 Å². The summed E-state index contributed by atoms with van der Waals surface area (Å²) in [7, 11) is 1.52. The van der Waals surface area contributed by atoms with Crippen LogP contribution in [0.3, 0.4) is 0 Å². The lowest BCUT2D eigenvalue weighted by Crippen LogP contribution is -2.45. The zero-order valence-corrected chi connectivity index (χ0v) is 36.1. The number of unbranched alkanes of at least 4 members (excludes halogenated alkanes) is 14. The van der Waals surface area contributed by atoms with Crippen molar-refractivity contribution in [1.82, 2.24) is 5.32 Å². The largest absolute Gasteiger partial charge is 0.472 e. The number of likely N-dealkylation sites (N-methyl/N-ethyl adjacent to an activating group) is 1. The number of carbonyl (C=O) groups is 1. The molecule has 0 heterocycles. The molecule has 0 fully saturated rings. The summed E-state index contributed by atoms with van der Waals surface area (Å²) < 4.78 is 23.5. The molecular formula is C45H82N2O6P+. The normalized spacial score (nSPS) is 15.2. The van der Waals surface area contributed by atoms with E-state index in [0.717, 1.165) is 57.8 Å². The molecule has 0 aromatic carbocycles. The fourth-order valence-corrected chi connectivity index (χ4v) is 6.28. The fourth-order valence-electron chi connectivity index (χ4n) is 5.55. The van der Waals surface area contributed by atoms with Crippen molar-refractivity contribution in [3.8, 4) is 0 Å². The molecule has 0 rings (SSSR count). The zero-order valence-electron chi connectivity index (χ0n) is 35.2. The summed E-state index contributed by atoms with van der Waals surface area (Å²) in [6, 6.07) is -0.878. The third-order valence-electron chi connectivity index (χ3n) is 8.93. The monoisotopic (exact) mass is 778 g/mol. The van der Waals surface area contributed by atoms with Crippen molar-refractivity contribution in [2.75, 3.05) is 40.9 Å². The number of rotatable bonds is 37. The molecule has 0 bridgehead atoms. The number of hydrogen-bond acceptors (Lipinski definition) is 5. The molecule has 3 unspecified atom stereocenters. The van der Waals surface area contributed by atoms with Gasteiger partial charge in [-0.1, -0.05) is 164 Å². The van der Waals surface area contributed by atoms with Crippen LogP contribution in [0.15, 0.2) is 72.9 Å². The van der Waals surface area contributed by atoms with E-state index in [-0.39, 0.29) is 25.5 Å². The molecule has 1 amide bonds. The third-order valence-corrected chi connectivity index (χ3v) is 9.92. The van der Waals surface area contributed by atoms with Crippen LogP contribution in [0.25, 0.3) is 0 Å². The van der Waals surface area contributed by atoms with Crippen LogP contribution in [0.2, 0.25) is 0 Å². The van der Waals surface area contributed by atoms with Crippen LogP contribution in [-0.2, 0) is 18.4 Å². The average Bonchev–Trinajstić information content (AvgIpc) is 3.12. The van der Waals surface area contributed by atoms with Crippen LogP contribution in [0, 0.1) is 0 Å². The van der Waals surface area contributed by atoms with Gasteiger partial charge in [-0.3, -0.25) is 13.8 Å². The third kappa shape index (κ3) is 38.2. The van der Waals surface area contributed by atoms with E-state index in [0.29, 0.717) is 17.4 Å². The summed E-state index contributed by atoms with van der Waals surface area (Å²) in [5.74, 6) is -0.237. The molecule has 0 saturated carbocycles. The predicted octanol–water partition coefficient (Wildman–Crippen LogP) is 11.6. The Morgan fingerprint density at radius 1 is 0.648 bits per heavy atom. The number of aliphatic hydroxyl groups is 1. The van der Waals surface area contributed by atoms with Crippen LogP contribution in [0.1, 0.15) is 155 Å². The average molecular weight is 778 g/mol. The Kier molecular flexibility index (Phi) is 35.2. The van der Waals surface area contributed by atoms with Crippen LogP contribution < -0.4 is 5.32 Å². The second-order valence-electron chi connectivity index (χ2n) is 15.3. The molecule has 9 heteroatoms.